The van der Waals surface area contributed by atoms with Gasteiger partial charge < -0.3 is 4.90 Å². The second-order valence-electron chi connectivity index (χ2n) is 3.67. The predicted molar refractivity (Wildman–Crippen MR) is 77.2 cm³/mol. The van der Waals surface area contributed by atoms with E-state index in [1.165, 1.54) is 18.3 Å². The van der Waals surface area contributed by atoms with Crippen molar-refractivity contribution in [3.05, 3.63) is 49.8 Å². The van der Waals surface area contributed by atoms with Gasteiger partial charge >= 0.3 is 0 Å². The summed E-state index contributed by atoms with van der Waals surface area (Å²) < 4.78 is 0. The Bertz CT molecular complexity index is 577. The second kappa shape index (κ2) is 6.25. The number of hydrazine groups is 2. The Morgan fingerprint density at radius 3 is 2.20 bits per heavy atom. The topological polar surface area (TPSA) is 106 Å². The van der Waals surface area contributed by atoms with Gasteiger partial charge in [-0.15, -0.1) is 0 Å². The fraction of sp³-hybridized carbons (Fsp3) is 0.222. The molecule has 0 atom stereocenters. The molecule has 0 amide bonds. The third-order valence-electron chi connectivity index (χ3n) is 2.14. The molecule has 106 valence electrons. The molecule has 20 heavy (non-hydrogen) atoms. The quantitative estimate of drug-likeness (QED) is 0.450. The molecule has 0 N–H and O–H groups in total. The van der Waals surface area contributed by atoms with Crippen molar-refractivity contribution in [3.8, 4) is 0 Å². The largest absolute Gasteiger partial charge is 0.367 e. The highest BCUT2D eigenvalue weighted by atomic mass is 32.1. The minimum Gasteiger partial charge on any atom is -0.367 e. The highest BCUT2D eigenvalue weighted by Crippen LogP contribution is 2.13. The van der Waals surface area contributed by atoms with E-state index in [9.17, 15) is 20.2 Å². The van der Waals surface area contributed by atoms with E-state index in [0.29, 0.717) is 0 Å². The van der Waals surface area contributed by atoms with Crippen LogP contribution in [0.15, 0.2) is 18.3 Å². The minimum absolute atomic E-state index is 0.0506. The van der Waals surface area contributed by atoms with Crippen LogP contribution in [0.5, 0.6) is 0 Å². The van der Waals surface area contributed by atoms with Gasteiger partial charge in [0.05, 0.1) is 5.56 Å². The molecule has 0 aromatic carbocycles. The highest BCUT2D eigenvalue weighted by Gasteiger charge is 2.36. The van der Waals surface area contributed by atoms with Crippen LogP contribution in [0.2, 0.25) is 0 Å². The lowest BCUT2D eigenvalue weighted by Crippen LogP contribution is -2.41. The number of nitrogens with zero attached hydrogens (tertiary/aromatic N) is 5. The summed E-state index contributed by atoms with van der Waals surface area (Å²) >= 11 is 9.93. The summed E-state index contributed by atoms with van der Waals surface area (Å²) in [5.74, 6) is 0. The van der Waals surface area contributed by atoms with Crippen molar-refractivity contribution >= 4 is 34.4 Å². The number of hydrogen-bond donors (Lipinski definition) is 0. The first kappa shape index (κ1) is 15.8. The van der Waals surface area contributed by atoms with Crippen molar-refractivity contribution in [1.82, 2.24) is 15.0 Å². The van der Waals surface area contributed by atoms with Gasteiger partial charge in [-0.2, -0.15) is 0 Å². The van der Waals surface area contributed by atoms with Crippen LogP contribution in [-0.4, -0.2) is 49.1 Å². The molecule has 0 radical (unpaired) electrons. The molecular formula is C9H9N5O4S2. The zero-order valence-electron chi connectivity index (χ0n) is 10.4. The van der Waals surface area contributed by atoms with Crippen LogP contribution in [0.4, 0.5) is 0 Å². The maximum Gasteiger partial charge on any atom is 0.253 e. The summed E-state index contributed by atoms with van der Waals surface area (Å²) in [5, 5.41) is 18.7. The van der Waals surface area contributed by atoms with Gasteiger partial charge in [-0.1, -0.05) is 12.2 Å². The number of pyridine rings is 1. The molecule has 0 spiro atoms. The van der Waals surface area contributed by atoms with E-state index in [2.05, 4.69) is 4.98 Å². The number of nitro groups is 2. The molecule has 0 bridgehead atoms. The van der Waals surface area contributed by atoms with Crippen LogP contribution < -0.4 is 0 Å². The number of aromatic nitrogens is 1. The van der Waals surface area contributed by atoms with Crippen LogP contribution in [0, 0.1) is 20.2 Å². The van der Waals surface area contributed by atoms with Gasteiger partial charge in [0.25, 0.3) is 4.99 Å². The van der Waals surface area contributed by atoms with Gasteiger partial charge in [0.15, 0.2) is 0 Å². The van der Waals surface area contributed by atoms with Gasteiger partial charge in [0.2, 0.25) is 15.2 Å². The second-order valence-corrected chi connectivity index (χ2v) is 4.44. The van der Waals surface area contributed by atoms with E-state index in [-0.39, 0.29) is 21.4 Å². The molecule has 11 heteroatoms. The first-order chi connectivity index (χ1) is 9.27. The van der Waals surface area contributed by atoms with Gasteiger partial charge in [0.1, 0.15) is 10.7 Å². The summed E-state index contributed by atoms with van der Waals surface area (Å²) in [5.41, 5.74) is 0.223. The Labute approximate surface area is 124 Å². The van der Waals surface area contributed by atoms with Crippen molar-refractivity contribution in [3.63, 3.8) is 0 Å². The zero-order chi connectivity index (χ0) is 15.4. The van der Waals surface area contributed by atoms with E-state index in [0.717, 1.165) is 0 Å². The van der Waals surface area contributed by atoms with Crippen LogP contribution >= 0.6 is 24.4 Å². The van der Waals surface area contributed by atoms with Crippen LogP contribution in [0.3, 0.4) is 0 Å². The number of thiocarbonyl (C=S) groups is 2. The van der Waals surface area contributed by atoms with Crippen molar-refractivity contribution in [2.24, 2.45) is 0 Å². The molecule has 1 heterocycles. The Morgan fingerprint density at radius 2 is 1.75 bits per heavy atom. The molecular weight excluding hydrogens is 306 g/mol. The lowest BCUT2D eigenvalue weighted by atomic mass is 10.2. The summed E-state index contributed by atoms with van der Waals surface area (Å²) in [4.78, 5) is 26.6. The molecule has 0 saturated heterocycles. The minimum atomic E-state index is -1.21. The maximum absolute atomic E-state index is 10.7. The summed E-state index contributed by atoms with van der Waals surface area (Å²) in [7, 11) is 3.31. The lowest BCUT2D eigenvalue weighted by molar-refractivity contribution is -0.879. The normalized spacial score (nSPS) is 9.70. The van der Waals surface area contributed by atoms with E-state index in [1.54, 1.807) is 19.0 Å². The average Bonchev–Trinajstić information content (AvgIpc) is 2.36. The average molecular weight is 315 g/mol. The Hall–Kier alpha value is -2.27. The number of hydrogen-bond acceptors (Lipinski definition) is 7. The molecule has 0 aliphatic rings. The highest BCUT2D eigenvalue weighted by molar-refractivity contribution is 7.81. The van der Waals surface area contributed by atoms with E-state index in [1.807, 2.05) is 0 Å². The molecule has 0 fully saturated rings. The van der Waals surface area contributed by atoms with Crippen LogP contribution in [0.25, 0.3) is 0 Å². The Balaban J connectivity index is 3.33. The molecule has 1 aromatic rings. The van der Waals surface area contributed by atoms with Gasteiger partial charge in [-0.3, -0.25) is 4.98 Å². The first-order valence-corrected chi connectivity index (χ1v) is 5.88. The summed E-state index contributed by atoms with van der Waals surface area (Å²) in [6, 6.07) is 2.85. The van der Waals surface area contributed by atoms with E-state index >= 15 is 0 Å². The van der Waals surface area contributed by atoms with Gasteiger partial charge in [-0.05, 0) is 24.4 Å². The third-order valence-corrected chi connectivity index (χ3v) is 3.08. The standard InChI is InChI=1S/C9H9N5O4S2/c1-11(2)9(20)7-6(4-3-5-10-7)8(19)12(13(15)16)14(17)18/h3-5H,1-2H3. The fourth-order valence-electron chi connectivity index (χ4n) is 1.28. The van der Waals surface area contributed by atoms with Crippen molar-refractivity contribution in [2.45, 2.75) is 0 Å². The van der Waals surface area contributed by atoms with Crippen molar-refractivity contribution < 1.29 is 10.1 Å². The fourth-order valence-corrected chi connectivity index (χ4v) is 1.74. The van der Waals surface area contributed by atoms with Crippen LogP contribution in [-0.2, 0) is 0 Å². The monoisotopic (exact) mass is 315 g/mol. The van der Waals surface area contributed by atoms with Gasteiger partial charge in [-0.25, -0.2) is 20.2 Å². The Kier molecular flexibility index (Phi) is 4.94. The summed E-state index contributed by atoms with van der Waals surface area (Å²) in [6.45, 7) is 0. The molecule has 0 aliphatic carbocycles. The SMILES string of the molecule is CN(C)C(=S)c1ncccc1C(=S)N([N+](=O)[O-])[N+](=O)[O-]. The molecule has 1 aromatic heterocycles. The van der Waals surface area contributed by atoms with E-state index < -0.39 is 15.1 Å². The zero-order valence-corrected chi connectivity index (χ0v) is 12.1. The van der Waals surface area contributed by atoms with Crippen LogP contribution in [0.1, 0.15) is 11.3 Å². The predicted octanol–water partition coefficient (Wildman–Crippen LogP) is 0.680. The molecule has 0 aliphatic heterocycles. The third kappa shape index (κ3) is 3.19. The summed E-state index contributed by atoms with van der Waals surface area (Å²) in [6.07, 6.45) is 1.42. The molecule has 9 nitrogen and oxygen atoms in total. The lowest BCUT2D eigenvalue weighted by Gasteiger charge is -2.15. The van der Waals surface area contributed by atoms with Crippen molar-refractivity contribution in [2.75, 3.05) is 14.1 Å². The van der Waals surface area contributed by atoms with Gasteiger partial charge in [0, 0.05) is 20.3 Å². The molecule has 0 unspecified atom stereocenters. The smallest absolute Gasteiger partial charge is 0.253 e. The first-order valence-electron chi connectivity index (χ1n) is 5.07. The Morgan fingerprint density at radius 1 is 1.20 bits per heavy atom. The molecule has 0 saturated carbocycles. The molecule has 1 rings (SSSR count). The number of rotatable bonds is 4. The maximum atomic E-state index is 10.7. The van der Waals surface area contributed by atoms with E-state index in [4.69, 9.17) is 24.4 Å². The van der Waals surface area contributed by atoms with Crippen molar-refractivity contribution in [1.29, 1.82) is 0 Å².